The van der Waals surface area contributed by atoms with Gasteiger partial charge in [0, 0.05) is 17.1 Å². The minimum Gasteiger partial charge on any atom is -0.545 e. The van der Waals surface area contributed by atoms with Gasteiger partial charge in [0.1, 0.15) is 5.75 Å². The number of carbonyl (C=O) groups excluding carboxylic acids is 2. The lowest BCUT2D eigenvalue weighted by Crippen LogP contribution is -2.22. The summed E-state index contributed by atoms with van der Waals surface area (Å²) in [5, 5.41) is 14.0. The summed E-state index contributed by atoms with van der Waals surface area (Å²) in [5.41, 5.74) is 0.609. The number of ether oxygens (including phenoxy) is 1. The maximum absolute atomic E-state index is 11.8. The molecule has 0 saturated carbocycles. The fourth-order valence-corrected chi connectivity index (χ4v) is 1.99. The number of hydrogen-bond donors (Lipinski definition) is 1. The van der Waals surface area contributed by atoms with E-state index in [-0.39, 0.29) is 11.5 Å². The molecule has 2 aromatic carbocycles. The summed E-state index contributed by atoms with van der Waals surface area (Å²) in [6.45, 7) is 0.415. The van der Waals surface area contributed by atoms with Crippen molar-refractivity contribution in [3.05, 3.63) is 59.1 Å². The van der Waals surface area contributed by atoms with Crippen LogP contribution in [-0.4, -0.2) is 18.5 Å². The van der Waals surface area contributed by atoms with E-state index >= 15 is 0 Å². The van der Waals surface area contributed by atoms with Crippen LogP contribution < -0.4 is 15.2 Å². The van der Waals surface area contributed by atoms with Crippen LogP contribution >= 0.6 is 11.6 Å². The molecule has 6 heteroatoms. The van der Waals surface area contributed by atoms with Crippen molar-refractivity contribution < 1.29 is 19.4 Å². The van der Waals surface area contributed by atoms with Crippen LogP contribution in [0.1, 0.15) is 23.2 Å². The van der Waals surface area contributed by atoms with Crippen LogP contribution in [0.2, 0.25) is 5.02 Å². The Kier molecular flexibility index (Phi) is 6.00. The topological polar surface area (TPSA) is 78.5 Å². The average molecular weight is 333 g/mol. The van der Waals surface area contributed by atoms with Crippen LogP contribution in [0.3, 0.4) is 0 Å². The summed E-state index contributed by atoms with van der Waals surface area (Å²) in [6, 6.07) is 12.8. The molecule has 0 spiro atoms. The highest BCUT2D eigenvalue weighted by Gasteiger charge is 2.03. The van der Waals surface area contributed by atoms with Gasteiger partial charge in [-0.15, -0.1) is 0 Å². The van der Waals surface area contributed by atoms with Gasteiger partial charge in [-0.25, -0.2) is 0 Å². The summed E-state index contributed by atoms with van der Waals surface area (Å²) >= 11 is 5.77. The van der Waals surface area contributed by atoms with Crippen molar-refractivity contribution in [2.24, 2.45) is 0 Å². The molecule has 120 valence electrons. The minimum absolute atomic E-state index is 0.0689. The van der Waals surface area contributed by atoms with Gasteiger partial charge in [0.2, 0.25) is 5.91 Å². The first kappa shape index (κ1) is 16.8. The predicted molar refractivity (Wildman–Crippen MR) is 85.6 cm³/mol. The monoisotopic (exact) mass is 332 g/mol. The second-order valence-electron chi connectivity index (χ2n) is 4.82. The van der Waals surface area contributed by atoms with Crippen molar-refractivity contribution in [1.82, 2.24) is 0 Å². The largest absolute Gasteiger partial charge is 0.545 e. The predicted octanol–water partition coefficient (Wildman–Crippen LogP) is 2.50. The smallest absolute Gasteiger partial charge is 0.224 e. The first-order valence-electron chi connectivity index (χ1n) is 7.04. The van der Waals surface area contributed by atoms with Crippen molar-refractivity contribution in [3.8, 4) is 5.75 Å². The van der Waals surface area contributed by atoms with E-state index in [1.165, 1.54) is 24.3 Å². The summed E-state index contributed by atoms with van der Waals surface area (Å²) in [7, 11) is 0. The molecule has 2 aromatic rings. The Morgan fingerprint density at radius 2 is 1.70 bits per heavy atom. The molecule has 0 fully saturated rings. The molecule has 0 heterocycles. The van der Waals surface area contributed by atoms with Gasteiger partial charge in [-0.05, 0) is 48.4 Å². The van der Waals surface area contributed by atoms with E-state index in [0.717, 1.165) is 0 Å². The number of carboxylic acid groups (broad SMARTS) is 1. The van der Waals surface area contributed by atoms with Gasteiger partial charge >= 0.3 is 0 Å². The number of amides is 1. The highest BCUT2D eigenvalue weighted by molar-refractivity contribution is 6.30. The van der Waals surface area contributed by atoms with E-state index in [9.17, 15) is 14.7 Å². The normalized spacial score (nSPS) is 10.1. The van der Waals surface area contributed by atoms with E-state index in [1.54, 1.807) is 24.3 Å². The van der Waals surface area contributed by atoms with Gasteiger partial charge in [0.15, 0.2) is 0 Å². The molecule has 23 heavy (non-hydrogen) atoms. The molecular weight excluding hydrogens is 318 g/mol. The minimum atomic E-state index is -1.25. The fourth-order valence-electron chi connectivity index (χ4n) is 1.87. The molecule has 0 radical (unpaired) electrons. The van der Waals surface area contributed by atoms with Crippen LogP contribution in [-0.2, 0) is 4.79 Å². The zero-order valence-corrected chi connectivity index (χ0v) is 13.0. The molecule has 0 aromatic heterocycles. The van der Waals surface area contributed by atoms with Crippen molar-refractivity contribution >= 4 is 29.2 Å². The second kappa shape index (κ2) is 8.19. The number of benzene rings is 2. The molecule has 1 N–H and O–H groups in total. The Morgan fingerprint density at radius 3 is 2.30 bits per heavy atom. The van der Waals surface area contributed by atoms with E-state index in [0.29, 0.717) is 35.9 Å². The molecular formula is C17H15ClNO4-. The number of rotatable bonds is 7. The molecule has 1 amide bonds. The molecule has 0 bridgehead atoms. The number of carboxylic acids is 1. The molecule has 5 nitrogen and oxygen atoms in total. The molecule has 0 unspecified atom stereocenters. The number of carbonyl (C=O) groups is 2. The molecule has 0 saturated heterocycles. The molecule has 0 aliphatic rings. The highest BCUT2D eigenvalue weighted by Crippen LogP contribution is 2.16. The maximum Gasteiger partial charge on any atom is 0.224 e. The SMILES string of the molecule is O=C(CCCOc1ccc(Cl)cc1)Nc1ccc(C(=O)[O-])cc1. The number of anilines is 1. The van der Waals surface area contributed by atoms with Gasteiger partial charge < -0.3 is 20.0 Å². The summed E-state index contributed by atoms with van der Waals surface area (Å²) in [4.78, 5) is 22.4. The molecule has 2 rings (SSSR count). The zero-order chi connectivity index (χ0) is 16.7. The number of halogens is 1. The lowest BCUT2D eigenvalue weighted by Gasteiger charge is -2.08. The van der Waals surface area contributed by atoms with E-state index in [4.69, 9.17) is 16.3 Å². The van der Waals surface area contributed by atoms with Gasteiger partial charge in [0.05, 0.1) is 12.6 Å². The fraction of sp³-hybridized carbons (Fsp3) is 0.176. The van der Waals surface area contributed by atoms with Crippen LogP contribution in [0, 0.1) is 0 Å². The van der Waals surface area contributed by atoms with E-state index < -0.39 is 5.97 Å². The van der Waals surface area contributed by atoms with Crippen LogP contribution in [0.5, 0.6) is 5.75 Å². The van der Waals surface area contributed by atoms with Crippen molar-refractivity contribution in [3.63, 3.8) is 0 Å². The number of nitrogens with one attached hydrogen (secondary N) is 1. The van der Waals surface area contributed by atoms with Gasteiger partial charge in [-0.2, -0.15) is 0 Å². The third-order valence-corrected chi connectivity index (χ3v) is 3.29. The van der Waals surface area contributed by atoms with Gasteiger partial charge in [-0.1, -0.05) is 23.7 Å². The second-order valence-corrected chi connectivity index (χ2v) is 5.26. The Morgan fingerprint density at radius 1 is 1.04 bits per heavy atom. The van der Waals surface area contributed by atoms with Crippen molar-refractivity contribution in [1.29, 1.82) is 0 Å². The standard InChI is InChI=1S/C17H16ClNO4/c18-13-5-9-15(10-6-13)23-11-1-2-16(20)19-14-7-3-12(4-8-14)17(21)22/h3-10H,1-2,11H2,(H,19,20)(H,21,22)/p-1. The summed E-state index contributed by atoms with van der Waals surface area (Å²) < 4.78 is 5.49. The first-order chi connectivity index (χ1) is 11.0. The Hall–Kier alpha value is -2.53. The first-order valence-corrected chi connectivity index (χ1v) is 7.42. The van der Waals surface area contributed by atoms with Crippen LogP contribution in [0.15, 0.2) is 48.5 Å². The Bertz CT molecular complexity index is 668. The molecule has 0 aliphatic heterocycles. The Balaban J connectivity index is 1.70. The quantitative estimate of drug-likeness (QED) is 0.790. The third kappa shape index (κ3) is 5.64. The number of hydrogen-bond acceptors (Lipinski definition) is 4. The molecule has 0 atom stereocenters. The van der Waals surface area contributed by atoms with Crippen LogP contribution in [0.4, 0.5) is 5.69 Å². The van der Waals surface area contributed by atoms with Crippen molar-refractivity contribution in [2.75, 3.05) is 11.9 Å². The average Bonchev–Trinajstić information content (AvgIpc) is 2.54. The number of aromatic carboxylic acids is 1. The zero-order valence-electron chi connectivity index (χ0n) is 12.3. The highest BCUT2D eigenvalue weighted by atomic mass is 35.5. The maximum atomic E-state index is 11.8. The lowest BCUT2D eigenvalue weighted by atomic mass is 10.2. The molecule has 0 aliphatic carbocycles. The van der Waals surface area contributed by atoms with Crippen molar-refractivity contribution in [2.45, 2.75) is 12.8 Å². The third-order valence-electron chi connectivity index (χ3n) is 3.03. The Labute approximate surface area is 138 Å². The van der Waals surface area contributed by atoms with Crippen LogP contribution in [0.25, 0.3) is 0 Å². The summed E-state index contributed by atoms with van der Waals surface area (Å²) in [5.74, 6) is -0.708. The van der Waals surface area contributed by atoms with Gasteiger partial charge in [-0.3, -0.25) is 4.79 Å². The summed E-state index contributed by atoms with van der Waals surface area (Å²) in [6.07, 6.45) is 0.863. The van der Waals surface area contributed by atoms with E-state index in [1.807, 2.05) is 0 Å². The van der Waals surface area contributed by atoms with Gasteiger partial charge in [0.25, 0.3) is 0 Å². The lowest BCUT2D eigenvalue weighted by molar-refractivity contribution is -0.255. The van der Waals surface area contributed by atoms with E-state index in [2.05, 4.69) is 5.32 Å².